The van der Waals surface area contributed by atoms with Gasteiger partial charge in [-0.15, -0.1) is 11.3 Å². The molecule has 110 valence electrons. The van der Waals surface area contributed by atoms with Crippen LogP contribution in [0.15, 0.2) is 35.8 Å². The molecular weight excluding hydrogens is 312 g/mol. The number of rotatable bonds is 5. The number of hydrogen-bond donors (Lipinski definition) is 1. The standard InChI is InChI=1S/C14H13ClN2O3S/c1-9(20-13(18)7-11-3-2-6-21-11)14(19)17-12-5-4-10(15)8-16-12/h2-6,8-9H,7H2,1H3,(H,16,17,19). The lowest BCUT2D eigenvalue weighted by molar-refractivity contribution is -0.152. The van der Waals surface area contributed by atoms with Crippen LogP contribution in [0.2, 0.25) is 5.02 Å². The minimum absolute atomic E-state index is 0.161. The number of esters is 1. The van der Waals surface area contributed by atoms with Gasteiger partial charge in [0.2, 0.25) is 0 Å². The van der Waals surface area contributed by atoms with Gasteiger partial charge in [0.1, 0.15) is 5.82 Å². The summed E-state index contributed by atoms with van der Waals surface area (Å²) in [5.41, 5.74) is 0. The van der Waals surface area contributed by atoms with E-state index in [0.717, 1.165) is 4.88 Å². The second kappa shape index (κ2) is 7.19. The number of pyridine rings is 1. The van der Waals surface area contributed by atoms with Gasteiger partial charge in [0.15, 0.2) is 6.10 Å². The third-order valence-electron chi connectivity index (χ3n) is 2.55. The van der Waals surface area contributed by atoms with Gasteiger partial charge in [-0.05, 0) is 30.5 Å². The normalized spacial score (nSPS) is 11.7. The van der Waals surface area contributed by atoms with E-state index in [-0.39, 0.29) is 6.42 Å². The molecule has 1 amide bonds. The molecule has 21 heavy (non-hydrogen) atoms. The van der Waals surface area contributed by atoms with E-state index in [0.29, 0.717) is 10.8 Å². The molecule has 2 heterocycles. The van der Waals surface area contributed by atoms with Crippen LogP contribution >= 0.6 is 22.9 Å². The fourth-order valence-electron chi connectivity index (χ4n) is 1.53. The number of thiophene rings is 1. The molecule has 2 aromatic rings. The van der Waals surface area contributed by atoms with Crippen molar-refractivity contribution in [2.24, 2.45) is 0 Å². The number of anilines is 1. The summed E-state index contributed by atoms with van der Waals surface area (Å²) in [6.07, 6.45) is 0.689. The van der Waals surface area contributed by atoms with Gasteiger partial charge in [-0.1, -0.05) is 17.7 Å². The van der Waals surface area contributed by atoms with Crippen molar-refractivity contribution in [1.29, 1.82) is 0 Å². The van der Waals surface area contributed by atoms with Gasteiger partial charge in [-0.2, -0.15) is 0 Å². The minimum atomic E-state index is -0.894. The molecule has 7 heteroatoms. The Balaban J connectivity index is 1.84. The molecule has 2 rings (SSSR count). The summed E-state index contributed by atoms with van der Waals surface area (Å²) in [5.74, 6) is -0.529. The molecule has 0 aromatic carbocycles. The van der Waals surface area contributed by atoms with Crippen molar-refractivity contribution in [3.63, 3.8) is 0 Å². The van der Waals surface area contributed by atoms with Crippen LogP contribution in [0.3, 0.4) is 0 Å². The van der Waals surface area contributed by atoms with Gasteiger partial charge < -0.3 is 10.1 Å². The van der Waals surface area contributed by atoms with Crippen molar-refractivity contribution in [3.8, 4) is 0 Å². The number of amides is 1. The molecule has 0 aliphatic rings. The fraction of sp³-hybridized carbons (Fsp3) is 0.214. The van der Waals surface area contributed by atoms with E-state index in [1.807, 2.05) is 17.5 Å². The Kier molecular flexibility index (Phi) is 5.30. The number of carbonyl (C=O) groups is 2. The van der Waals surface area contributed by atoms with Crippen molar-refractivity contribution in [3.05, 3.63) is 45.7 Å². The van der Waals surface area contributed by atoms with Crippen molar-refractivity contribution < 1.29 is 14.3 Å². The average molecular weight is 325 g/mol. The van der Waals surface area contributed by atoms with Crippen LogP contribution in [0.1, 0.15) is 11.8 Å². The highest BCUT2D eigenvalue weighted by Gasteiger charge is 2.18. The fourth-order valence-corrected chi connectivity index (χ4v) is 2.33. The third kappa shape index (κ3) is 4.84. The summed E-state index contributed by atoms with van der Waals surface area (Å²) < 4.78 is 5.08. The van der Waals surface area contributed by atoms with Crippen molar-refractivity contribution in [2.75, 3.05) is 5.32 Å². The highest BCUT2D eigenvalue weighted by Crippen LogP contribution is 2.12. The Morgan fingerprint density at radius 3 is 2.86 bits per heavy atom. The van der Waals surface area contributed by atoms with Gasteiger partial charge in [0.05, 0.1) is 11.4 Å². The minimum Gasteiger partial charge on any atom is -0.452 e. The number of hydrogen-bond acceptors (Lipinski definition) is 5. The van der Waals surface area contributed by atoms with E-state index >= 15 is 0 Å². The van der Waals surface area contributed by atoms with E-state index in [1.165, 1.54) is 24.5 Å². The molecule has 0 aliphatic heterocycles. The highest BCUT2D eigenvalue weighted by molar-refractivity contribution is 7.10. The van der Waals surface area contributed by atoms with E-state index in [2.05, 4.69) is 10.3 Å². The zero-order chi connectivity index (χ0) is 15.2. The predicted molar refractivity (Wildman–Crippen MR) is 81.5 cm³/mol. The summed E-state index contributed by atoms with van der Waals surface area (Å²) in [5, 5.41) is 4.91. The lowest BCUT2D eigenvalue weighted by Gasteiger charge is -2.12. The Morgan fingerprint density at radius 2 is 2.24 bits per heavy atom. The molecule has 1 unspecified atom stereocenters. The number of ether oxygens (including phenoxy) is 1. The Morgan fingerprint density at radius 1 is 1.43 bits per heavy atom. The van der Waals surface area contributed by atoms with E-state index in [1.54, 1.807) is 12.1 Å². The zero-order valence-corrected chi connectivity index (χ0v) is 12.8. The Labute approximate surface area is 130 Å². The molecule has 0 spiro atoms. The van der Waals surface area contributed by atoms with Gasteiger partial charge in [0, 0.05) is 11.1 Å². The third-order valence-corrected chi connectivity index (χ3v) is 3.65. The molecule has 0 bridgehead atoms. The summed E-state index contributed by atoms with van der Waals surface area (Å²) in [7, 11) is 0. The quantitative estimate of drug-likeness (QED) is 0.859. The maximum Gasteiger partial charge on any atom is 0.311 e. The lowest BCUT2D eigenvalue weighted by atomic mass is 10.3. The first kappa shape index (κ1) is 15.5. The zero-order valence-electron chi connectivity index (χ0n) is 11.2. The second-order valence-corrected chi connectivity index (χ2v) is 5.71. The van der Waals surface area contributed by atoms with Crippen LogP contribution in [-0.4, -0.2) is 23.0 Å². The van der Waals surface area contributed by atoms with Gasteiger partial charge >= 0.3 is 5.97 Å². The number of nitrogens with one attached hydrogen (secondary N) is 1. The topological polar surface area (TPSA) is 68.3 Å². The van der Waals surface area contributed by atoms with Gasteiger partial charge in [-0.3, -0.25) is 9.59 Å². The van der Waals surface area contributed by atoms with Crippen LogP contribution in [0, 0.1) is 0 Å². The predicted octanol–water partition coefficient (Wildman–Crippen LogP) is 2.91. The summed E-state index contributed by atoms with van der Waals surface area (Å²) >= 11 is 7.17. The van der Waals surface area contributed by atoms with E-state index in [9.17, 15) is 9.59 Å². The number of nitrogens with zero attached hydrogens (tertiary/aromatic N) is 1. The smallest absolute Gasteiger partial charge is 0.311 e. The molecule has 0 saturated heterocycles. The molecule has 1 atom stereocenters. The molecule has 0 saturated carbocycles. The maximum absolute atomic E-state index is 11.9. The van der Waals surface area contributed by atoms with Crippen LogP contribution in [0.25, 0.3) is 0 Å². The van der Waals surface area contributed by atoms with Crippen LogP contribution in [-0.2, 0) is 20.7 Å². The molecule has 0 aliphatic carbocycles. The summed E-state index contributed by atoms with van der Waals surface area (Å²) in [6, 6.07) is 6.88. The Bertz CT molecular complexity index is 614. The average Bonchev–Trinajstić information content (AvgIpc) is 2.94. The van der Waals surface area contributed by atoms with Crippen LogP contribution in [0.5, 0.6) is 0 Å². The van der Waals surface area contributed by atoms with Crippen molar-refractivity contribution in [2.45, 2.75) is 19.4 Å². The molecule has 1 N–H and O–H groups in total. The Hall–Kier alpha value is -1.92. The molecule has 0 fully saturated rings. The second-order valence-electron chi connectivity index (χ2n) is 4.24. The van der Waals surface area contributed by atoms with Gasteiger partial charge in [0.25, 0.3) is 5.91 Å². The van der Waals surface area contributed by atoms with E-state index in [4.69, 9.17) is 16.3 Å². The summed E-state index contributed by atoms with van der Waals surface area (Å²) in [6.45, 7) is 1.51. The molecule has 5 nitrogen and oxygen atoms in total. The first-order chi connectivity index (χ1) is 10.0. The van der Waals surface area contributed by atoms with Crippen LogP contribution < -0.4 is 5.32 Å². The monoisotopic (exact) mass is 324 g/mol. The summed E-state index contributed by atoms with van der Waals surface area (Å²) in [4.78, 5) is 28.4. The number of halogens is 1. The van der Waals surface area contributed by atoms with Crippen molar-refractivity contribution in [1.82, 2.24) is 4.98 Å². The first-order valence-electron chi connectivity index (χ1n) is 6.19. The van der Waals surface area contributed by atoms with Crippen LogP contribution in [0.4, 0.5) is 5.82 Å². The first-order valence-corrected chi connectivity index (χ1v) is 7.44. The van der Waals surface area contributed by atoms with Gasteiger partial charge in [-0.25, -0.2) is 4.98 Å². The molecule has 0 radical (unpaired) electrons. The maximum atomic E-state index is 11.9. The highest BCUT2D eigenvalue weighted by atomic mass is 35.5. The SMILES string of the molecule is CC(OC(=O)Cc1cccs1)C(=O)Nc1ccc(Cl)cn1. The largest absolute Gasteiger partial charge is 0.452 e. The van der Waals surface area contributed by atoms with Crippen molar-refractivity contribution >= 4 is 40.6 Å². The molecule has 2 aromatic heterocycles. The van der Waals surface area contributed by atoms with E-state index < -0.39 is 18.0 Å². The number of aromatic nitrogens is 1. The number of carbonyl (C=O) groups excluding carboxylic acids is 2. The lowest BCUT2D eigenvalue weighted by Crippen LogP contribution is -2.30. The molecular formula is C14H13ClN2O3S.